The van der Waals surface area contributed by atoms with Gasteiger partial charge in [-0.3, -0.25) is 0 Å². The Morgan fingerprint density at radius 2 is 2.08 bits per heavy atom. The van der Waals surface area contributed by atoms with E-state index in [1.807, 2.05) is 24.3 Å². The van der Waals surface area contributed by atoms with Crippen LogP contribution in [0.25, 0.3) is 21.9 Å². The molecule has 57 valence electrons. The van der Waals surface area contributed by atoms with Crippen molar-refractivity contribution in [3.8, 4) is 0 Å². The standard InChI is InChI=1S/C10H5O2/c1-3-11-9-6-10-8(2-4-12-10)5-7(1)9/h1-3,5-6H. The molecule has 12 heavy (non-hydrogen) atoms. The molecule has 3 rings (SSSR count). The van der Waals surface area contributed by atoms with Crippen molar-refractivity contribution in [1.82, 2.24) is 0 Å². The molecule has 0 saturated carbocycles. The summed E-state index contributed by atoms with van der Waals surface area (Å²) >= 11 is 0. The molecule has 0 aliphatic rings. The Hall–Kier alpha value is -1.70. The average molecular weight is 157 g/mol. The highest BCUT2D eigenvalue weighted by Gasteiger charge is 2.01. The Bertz CT molecular complexity index is 440. The number of hydrogen-bond donors (Lipinski definition) is 0. The van der Waals surface area contributed by atoms with Crippen LogP contribution in [0.4, 0.5) is 0 Å². The lowest BCUT2D eigenvalue weighted by Crippen LogP contribution is -1.63. The molecule has 2 heteroatoms. The number of furan rings is 2. The van der Waals surface area contributed by atoms with Crippen LogP contribution >= 0.6 is 0 Å². The van der Waals surface area contributed by atoms with Gasteiger partial charge in [-0.15, -0.1) is 0 Å². The predicted molar refractivity (Wildman–Crippen MR) is 44.8 cm³/mol. The molecule has 2 heterocycles. The highest BCUT2D eigenvalue weighted by molar-refractivity contribution is 5.92. The highest BCUT2D eigenvalue weighted by atomic mass is 16.3. The summed E-state index contributed by atoms with van der Waals surface area (Å²) in [5, 5.41) is 2.15. The Morgan fingerprint density at radius 3 is 3.08 bits per heavy atom. The van der Waals surface area contributed by atoms with Crippen molar-refractivity contribution < 1.29 is 8.83 Å². The number of rotatable bonds is 0. The second kappa shape index (κ2) is 1.91. The van der Waals surface area contributed by atoms with Crippen molar-refractivity contribution in [2.45, 2.75) is 0 Å². The lowest BCUT2D eigenvalue weighted by Gasteiger charge is -1.87. The van der Waals surface area contributed by atoms with Crippen LogP contribution < -0.4 is 0 Å². The van der Waals surface area contributed by atoms with E-state index in [-0.39, 0.29) is 0 Å². The van der Waals surface area contributed by atoms with Gasteiger partial charge in [0, 0.05) is 16.8 Å². The van der Waals surface area contributed by atoms with E-state index in [4.69, 9.17) is 8.83 Å². The Labute approximate surface area is 68.4 Å². The minimum Gasteiger partial charge on any atom is -0.464 e. The van der Waals surface area contributed by atoms with Crippen LogP contribution in [0.5, 0.6) is 0 Å². The zero-order valence-electron chi connectivity index (χ0n) is 6.20. The normalized spacial score (nSPS) is 11.3. The van der Waals surface area contributed by atoms with Gasteiger partial charge in [0.1, 0.15) is 11.2 Å². The molecule has 1 radical (unpaired) electrons. The molecule has 0 spiro atoms. The molecule has 0 N–H and O–H groups in total. The van der Waals surface area contributed by atoms with Gasteiger partial charge >= 0.3 is 0 Å². The summed E-state index contributed by atoms with van der Waals surface area (Å²) in [5.74, 6) is 0. The first-order chi connectivity index (χ1) is 5.93. The zero-order valence-corrected chi connectivity index (χ0v) is 6.20. The van der Waals surface area contributed by atoms with Crippen LogP contribution in [-0.2, 0) is 0 Å². The van der Waals surface area contributed by atoms with Gasteiger partial charge in [0.15, 0.2) is 6.26 Å². The second-order valence-corrected chi connectivity index (χ2v) is 2.71. The molecular formula is C10H5O2. The third-order valence-electron chi connectivity index (χ3n) is 1.97. The first kappa shape index (κ1) is 5.89. The summed E-state index contributed by atoms with van der Waals surface area (Å²) in [4.78, 5) is 0. The smallest absolute Gasteiger partial charge is 0.170 e. The summed E-state index contributed by atoms with van der Waals surface area (Å²) in [6, 6.07) is 7.65. The third kappa shape index (κ3) is 0.639. The van der Waals surface area contributed by atoms with Crippen LogP contribution in [0.3, 0.4) is 0 Å². The molecular weight excluding hydrogens is 152 g/mol. The molecule has 0 saturated heterocycles. The minimum atomic E-state index is 0.817. The van der Waals surface area contributed by atoms with E-state index < -0.39 is 0 Å². The van der Waals surface area contributed by atoms with E-state index >= 15 is 0 Å². The lowest BCUT2D eigenvalue weighted by molar-refractivity contribution is 0.598. The summed E-state index contributed by atoms with van der Waals surface area (Å²) in [6.45, 7) is 0. The molecule has 3 aromatic rings. The fraction of sp³-hybridized carbons (Fsp3) is 0. The van der Waals surface area contributed by atoms with Gasteiger partial charge in [0.25, 0.3) is 0 Å². The SMILES string of the molecule is [c]1cc2cc3ccoc3cc2o1. The van der Waals surface area contributed by atoms with Gasteiger partial charge in [-0.1, -0.05) is 0 Å². The van der Waals surface area contributed by atoms with Crippen molar-refractivity contribution in [1.29, 1.82) is 0 Å². The molecule has 2 aromatic heterocycles. The maximum Gasteiger partial charge on any atom is 0.170 e. The first-order valence-electron chi connectivity index (χ1n) is 3.70. The maximum atomic E-state index is 5.22. The molecule has 2 nitrogen and oxygen atoms in total. The summed E-state index contributed by atoms with van der Waals surface area (Å²) in [7, 11) is 0. The second-order valence-electron chi connectivity index (χ2n) is 2.71. The Balaban J connectivity index is 2.62. The van der Waals surface area contributed by atoms with Crippen LogP contribution in [0, 0.1) is 6.26 Å². The van der Waals surface area contributed by atoms with E-state index in [1.54, 1.807) is 6.26 Å². The van der Waals surface area contributed by atoms with Gasteiger partial charge in [0.2, 0.25) is 0 Å². The van der Waals surface area contributed by atoms with Crippen LogP contribution in [0.2, 0.25) is 0 Å². The van der Waals surface area contributed by atoms with Gasteiger partial charge in [-0.2, -0.15) is 0 Å². The van der Waals surface area contributed by atoms with Crippen molar-refractivity contribution in [2.24, 2.45) is 0 Å². The molecule has 0 unspecified atom stereocenters. The molecule has 0 bridgehead atoms. The Morgan fingerprint density at radius 1 is 1.08 bits per heavy atom. The van der Waals surface area contributed by atoms with Gasteiger partial charge < -0.3 is 8.83 Å². The molecule has 1 aromatic carbocycles. The van der Waals surface area contributed by atoms with Crippen LogP contribution in [-0.4, -0.2) is 0 Å². The molecule has 0 fully saturated rings. The molecule has 0 atom stereocenters. The van der Waals surface area contributed by atoms with Crippen molar-refractivity contribution >= 4 is 21.9 Å². The van der Waals surface area contributed by atoms with E-state index in [1.165, 1.54) is 0 Å². The van der Waals surface area contributed by atoms with Crippen molar-refractivity contribution in [2.75, 3.05) is 0 Å². The van der Waals surface area contributed by atoms with Gasteiger partial charge in [-0.25, -0.2) is 0 Å². The third-order valence-corrected chi connectivity index (χ3v) is 1.97. The van der Waals surface area contributed by atoms with E-state index in [9.17, 15) is 0 Å². The Kier molecular flexibility index (Phi) is 0.939. The van der Waals surface area contributed by atoms with Crippen LogP contribution in [0.15, 0.2) is 39.4 Å². The fourth-order valence-electron chi connectivity index (χ4n) is 1.37. The zero-order chi connectivity index (χ0) is 7.97. The summed E-state index contributed by atoms with van der Waals surface area (Å²) in [5.41, 5.74) is 1.67. The molecule has 0 amide bonds. The molecule has 0 aliphatic heterocycles. The van der Waals surface area contributed by atoms with Crippen molar-refractivity contribution in [3.63, 3.8) is 0 Å². The quantitative estimate of drug-likeness (QED) is 0.501. The van der Waals surface area contributed by atoms with E-state index in [0.717, 1.165) is 21.9 Å². The lowest BCUT2D eigenvalue weighted by atomic mass is 10.2. The predicted octanol–water partition coefficient (Wildman–Crippen LogP) is 2.98. The summed E-state index contributed by atoms with van der Waals surface area (Å²) in [6.07, 6.45) is 4.36. The van der Waals surface area contributed by atoms with Gasteiger partial charge in [-0.05, 0) is 18.2 Å². The number of hydrogen-bond acceptors (Lipinski definition) is 2. The van der Waals surface area contributed by atoms with E-state index in [0.29, 0.717) is 0 Å². The maximum absolute atomic E-state index is 5.22. The molecule has 0 aliphatic carbocycles. The number of benzene rings is 1. The number of fused-ring (bicyclic) bond motifs is 2. The largest absolute Gasteiger partial charge is 0.464 e. The van der Waals surface area contributed by atoms with Crippen molar-refractivity contribution in [3.05, 3.63) is 36.8 Å². The summed E-state index contributed by atoms with van der Waals surface area (Å²) < 4.78 is 10.3. The minimum absolute atomic E-state index is 0.817. The first-order valence-corrected chi connectivity index (χ1v) is 3.70. The highest BCUT2D eigenvalue weighted by Crippen LogP contribution is 2.23. The fourth-order valence-corrected chi connectivity index (χ4v) is 1.37. The monoisotopic (exact) mass is 157 g/mol. The topological polar surface area (TPSA) is 26.3 Å². The van der Waals surface area contributed by atoms with Crippen LogP contribution in [0.1, 0.15) is 0 Å². The van der Waals surface area contributed by atoms with E-state index in [2.05, 4.69) is 6.26 Å². The average Bonchev–Trinajstić information content (AvgIpc) is 2.64. The van der Waals surface area contributed by atoms with Gasteiger partial charge in [0.05, 0.1) is 6.26 Å².